The van der Waals surface area contributed by atoms with Gasteiger partial charge in [-0.1, -0.05) is 0 Å². The summed E-state index contributed by atoms with van der Waals surface area (Å²) >= 11 is 0. The van der Waals surface area contributed by atoms with Crippen LogP contribution in [-0.4, -0.2) is 28.7 Å². The van der Waals surface area contributed by atoms with Crippen molar-refractivity contribution >= 4 is 11.9 Å². The highest BCUT2D eigenvalue weighted by molar-refractivity contribution is 5.67. The van der Waals surface area contributed by atoms with Crippen LogP contribution in [0.1, 0.15) is 25.7 Å². The van der Waals surface area contributed by atoms with Crippen LogP contribution in [0, 0.1) is 5.92 Å². The number of carbonyl (C=O) groups is 2. The Kier molecular flexibility index (Phi) is 5.88. The van der Waals surface area contributed by atoms with Crippen LogP contribution in [0.15, 0.2) is 0 Å². The molecular weight excluding hydrogens is 174 g/mol. The lowest BCUT2D eigenvalue weighted by Crippen LogP contribution is -2.17. The summed E-state index contributed by atoms with van der Waals surface area (Å²) in [4.78, 5) is 20.4. The summed E-state index contributed by atoms with van der Waals surface area (Å²) in [6, 6.07) is 0. The molecule has 0 rings (SSSR count). The van der Waals surface area contributed by atoms with Gasteiger partial charge >= 0.3 is 11.9 Å². The van der Waals surface area contributed by atoms with E-state index in [9.17, 15) is 9.59 Å². The fourth-order valence-corrected chi connectivity index (χ4v) is 1.04. The summed E-state index contributed by atoms with van der Waals surface area (Å²) in [6.45, 7) is 0.348. The first-order valence-corrected chi connectivity index (χ1v) is 4.20. The molecule has 0 saturated carbocycles. The van der Waals surface area contributed by atoms with Gasteiger partial charge in [0.2, 0.25) is 0 Å². The molecular formula is C8H15NO4. The van der Waals surface area contributed by atoms with Gasteiger partial charge in [0, 0.05) is 12.8 Å². The standard InChI is InChI=1S/C8H15NO4/c9-5-6(1-3-7(10)11)2-4-8(12)13/h6H,1-5,9H2,(H,10,11)(H,12,13). The molecule has 0 atom stereocenters. The topological polar surface area (TPSA) is 101 Å². The first kappa shape index (κ1) is 11.9. The summed E-state index contributed by atoms with van der Waals surface area (Å²) in [7, 11) is 0. The van der Waals surface area contributed by atoms with Crippen LogP contribution in [0.2, 0.25) is 0 Å². The third-order valence-corrected chi connectivity index (χ3v) is 1.87. The molecule has 0 bridgehead atoms. The molecule has 0 heterocycles. The normalized spacial score (nSPS) is 10.3. The largest absolute Gasteiger partial charge is 0.481 e. The molecule has 13 heavy (non-hydrogen) atoms. The van der Waals surface area contributed by atoms with Crippen molar-refractivity contribution in [2.75, 3.05) is 6.54 Å². The van der Waals surface area contributed by atoms with Crippen LogP contribution < -0.4 is 5.73 Å². The smallest absolute Gasteiger partial charge is 0.303 e. The molecule has 0 radical (unpaired) electrons. The second-order valence-corrected chi connectivity index (χ2v) is 2.97. The summed E-state index contributed by atoms with van der Waals surface area (Å²) in [5, 5.41) is 16.8. The molecule has 0 aromatic heterocycles. The summed E-state index contributed by atoms with van der Waals surface area (Å²) < 4.78 is 0. The Morgan fingerprint density at radius 3 is 1.69 bits per heavy atom. The molecule has 0 amide bonds. The summed E-state index contributed by atoms with van der Waals surface area (Å²) in [5.74, 6) is -1.73. The Balaban J connectivity index is 3.63. The van der Waals surface area contributed by atoms with Gasteiger partial charge in [-0.2, -0.15) is 0 Å². The molecule has 0 aliphatic rings. The first-order chi connectivity index (χ1) is 6.06. The third kappa shape index (κ3) is 7.27. The Hall–Kier alpha value is -1.10. The fourth-order valence-electron chi connectivity index (χ4n) is 1.04. The van der Waals surface area contributed by atoms with E-state index in [1.165, 1.54) is 0 Å². The molecule has 0 fully saturated rings. The van der Waals surface area contributed by atoms with Gasteiger partial charge in [-0.05, 0) is 25.3 Å². The highest BCUT2D eigenvalue weighted by Crippen LogP contribution is 2.11. The van der Waals surface area contributed by atoms with E-state index in [-0.39, 0.29) is 18.8 Å². The van der Waals surface area contributed by atoms with Crippen LogP contribution >= 0.6 is 0 Å². The maximum Gasteiger partial charge on any atom is 0.303 e. The van der Waals surface area contributed by atoms with Crippen molar-refractivity contribution in [3.8, 4) is 0 Å². The van der Waals surface area contributed by atoms with Gasteiger partial charge in [0.25, 0.3) is 0 Å². The zero-order chi connectivity index (χ0) is 10.3. The Morgan fingerprint density at radius 2 is 1.46 bits per heavy atom. The molecule has 4 N–H and O–H groups in total. The molecule has 0 saturated heterocycles. The van der Waals surface area contributed by atoms with Gasteiger partial charge in [0.15, 0.2) is 0 Å². The third-order valence-electron chi connectivity index (χ3n) is 1.87. The van der Waals surface area contributed by atoms with Crippen molar-refractivity contribution < 1.29 is 19.8 Å². The van der Waals surface area contributed by atoms with Gasteiger partial charge in [-0.25, -0.2) is 0 Å². The number of aliphatic carboxylic acids is 2. The second kappa shape index (κ2) is 6.42. The molecule has 0 unspecified atom stereocenters. The van der Waals surface area contributed by atoms with Crippen LogP contribution in [0.5, 0.6) is 0 Å². The highest BCUT2D eigenvalue weighted by Gasteiger charge is 2.10. The van der Waals surface area contributed by atoms with Gasteiger partial charge in [0.05, 0.1) is 0 Å². The van der Waals surface area contributed by atoms with Crippen LogP contribution in [0.3, 0.4) is 0 Å². The molecule has 0 aromatic rings. The lowest BCUT2D eigenvalue weighted by molar-refractivity contribution is -0.137. The lowest BCUT2D eigenvalue weighted by atomic mass is 9.98. The van der Waals surface area contributed by atoms with E-state index >= 15 is 0 Å². The summed E-state index contributed by atoms with van der Waals surface area (Å²) in [5.41, 5.74) is 5.36. The van der Waals surface area contributed by atoms with E-state index < -0.39 is 11.9 Å². The van der Waals surface area contributed by atoms with Crippen LogP contribution in [-0.2, 0) is 9.59 Å². The monoisotopic (exact) mass is 189 g/mol. The van der Waals surface area contributed by atoms with E-state index in [2.05, 4.69) is 0 Å². The molecule has 0 spiro atoms. The number of nitrogens with two attached hydrogens (primary N) is 1. The quantitative estimate of drug-likeness (QED) is 0.534. The predicted molar refractivity (Wildman–Crippen MR) is 46.3 cm³/mol. The lowest BCUT2D eigenvalue weighted by Gasteiger charge is -2.11. The van der Waals surface area contributed by atoms with Crippen molar-refractivity contribution in [3.05, 3.63) is 0 Å². The zero-order valence-electron chi connectivity index (χ0n) is 7.40. The number of carboxylic acid groups (broad SMARTS) is 2. The van der Waals surface area contributed by atoms with Crippen LogP contribution in [0.4, 0.5) is 0 Å². The molecule has 76 valence electrons. The van der Waals surface area contributed by atoms with Crippen molar-refractivity contribution in [2.24, 2.45) is 11.7 Å². The molecule has 5 heteroatoms. The maximum absolute atomic E-state index is 10.2. The van der Waals surface area contributed by atoms with Crippen molar-refractivity contribution in [1.29, 1.82) is 0 Å². The number of hydrogen-bond acceptors (Lipinski definition) is 3. The number of rotatable bonds is 7. The SMILES string of the molecule is NCC(CCC(=O)O)CCC(=O)O. The van der Waals surface area contributed by atoms with Crippen molar-refractivity contribution in [2.45, 2.75) is 25.7 Å². The first-order valence-electron chi connectivity index (χ1n) is 4.20. The molecule has 0 aromatic carbocycles. The predicted octanol–water partition coefficient (Wildman–Crippen LogP) is 0.291. The zero-order valence-corrected chi connectivity index (χ0v) is 7.40. The van der Waals surface area contributed by atoms with Gasteiger partial charge in [-0.3, -0.25) is 9.59 Å². The number of hydrogen-bond donors (Lipinski definition) is 3. The van der Waals surface area contributed by atoms with Crippen molar-refractivity contribution in [1.82, 2.24) is 0 Å². The minimum absolute atomic E-state index is 0.00667. The fraction of sp³-hybridized carbons (Fsp3) is 0.750. The minimum Gasteiger partial charge on any atom is -0.481 e. The molecule has 0 aliphatic heterocycles. The maximum atomic E-state index is 10.2. The number of carboxylic acids is 2. The molecule has 5 nitrogen and oxygen atoms in total. The van der Waals surface area contributed by atoms with E-state index in [0.717, 1.165) is 0 Å². The van der Waals surface area contributed by atoms with E-state index in [0.29, 0.717) is 19.4 Å². The Labute approximate surface area is 76.5 Å². The molecule has 0 aliphatic carbocycles. The van der Waals surface area contributed by atoms with Gasteiger partial charge < -0.3 is 15.9 Å². The minimum atomic E-state index is -0.867. The van der Waals surface area contributed by atoms with Crippen LogP contribution in [0.25, 0.3) is 0 Å². The summed E-state index contributed by atoms with van der Waals surface area (Å²) in [6.07, 6.45) is 1.03. The van der Waals surface area contributed by atoms with E-state index in [4.69, 9.17) is 15.9 Å². The average Bonchev–Trinajstić information content (AvgIpc) is 2.04. The van der Waals surface area contributed by atoms with E-state index in [1.54, 1.807) is 0 Å². The Morgan fingerprint density at radius 1 is 1.08 bits per heavy atom. The Bertz CT molecular complexity index is 163. The van der Waals surface area contributed by atoms with Gasteiger partial charge in [-0.15, -0.1) is 0 Å². The van der Waals surface area contributed by atoms with Gasteiger partial charge in [0.1, 0.15) is 0 Å². The van der Waals surface area contributed by atoms with Crippen molar-refractivity contribution in [3.63, 3.8) is 0 Å². The van der Waals surface area contributed by atoms with E-state index in [1.807, 2.05) is 0 Å². The average molecular weight is 189 g/mol. The highest BCUT2D eigenvalue weighted by atomic mass is 16.4. The second-order valence-electron chi connectivity index (χ2n) is 2.97.